The van der Waals surface area contributed by atoms with E-state index in [-0.39, 0.29) is 17.2 Å². The number of phenols is 3. The van der Waals surface area contributed by atoms with Crippen LogP contribution in [0.15, 0.2) is 60.7 Å². The van der Waals surface area contributed by atoms with Crippen LogP contribution in [0.5, 0.6) is 28.7 Å². The summed E-state index contributed by atoms with van der Waals surface area (Å²) in [6.07, 6.45) is 0. The summed E-state index contributed by atoms with van der Waals surface area (Å²) in [5.74, 6) is 2.00. The first-order chi connectivity index (χ1) is 16.6. The van der Waals surface area contributed by atoms with Gasteiger partial charge < -0.3 is 25.0 Å². The van der Waals surface area contributed by atoms with Crippen molar-refractivity contribution in [1.82, 2.24) is 0 Å². The second kappa shape index (κ2) is 9.26. The van der Waals surface area contributed by atoms with Gasteiger partial charge in [0.05, 0.1) is 0 Å². The Hall–Kier alpha value is -4.12. The van der Waals surface area contributed by atoms with Crippen molar-refractivity contribution in [1.29, 1.82) is 0 Å². The fourth-order valence-electron chi connectivity index (χ4n) is 4.19. The monoisotopic (exact) mass is 469 g/mol. The number of anilines is 3. The first kappa shape index (κ1) is 24.0. The van der Waals surface area contributed by atoms with Gasteiger partial charge in [-0.3, -0.25) is 0 Å². The fourth-order valence-corrected chi connectivity index (χ4v) is 4.19. The van der Waals surface area contributed by atoms with Crippen molar-refractivity contribution in [3.63, 3.8) is 0 Å². The first-order valence-corrected chi connectivity index (χ1v) is 11.6. The first-order valence-electron chi connectivity index (χ1n) is 11.6. The lowest BCUT2D eigenvalue weighted by Crippen LogP contribution is -2.13. The van der Waals surface area contributed by atoms with Crippen molar-refractivity contribution in [3.8, 4) is 28.7 Å². The number of hydrogen-bond donors (Lipinski definition) is 3. The lowest BCUT2D eigenvalue weighted by Gasteiger charge is -2.30. The van der Waals surface area contributed by atoms with Crippen LogP contribution < -0.4 is 9.64 Å². The van der Waals surface area contributed by atoms with Crippen molar-refractivity contribution in [2.45, 2.75) is 41.5 Å². The van der Waals surface area contributed by atoms with E-state index < -0.39 is 0 Å². The van der Waals surface area contributed by atoms with E-state index in [2.05, 4.69) is 4.90 Å². The number of rotatable bonds is 5. The highest BCUT2D eigenvalue weighted by molar-refractivity contribution is 5.82. The van der Waals surface area contributed by atoms with Gasteiger partial charge in [-0.05, 0) is 124 Å². The molecular weight excluding hydrogens is 438 g/mol. The highest BCUT2D eigenvalue weighted by atomic mass is 16.5. The molecule has 5 nitrogen and oxygen atoms in total. The molecule has 5 heteroatoms. The van der Waals surface area contributed by atoms with Crippen molar-refractivity contribution >= 4 is 17.1 Å². The molecule has 0 aliphatic heterocycles. The van der Waals surface area contributed by atoms with Crippen molar-refractivity contribution < 1.29 is 20.1 Å². The quantitative estimate of drug-likeness (QED) is 0.277. The van der Waals surface area contributed by atoms with Crippen LogP contribution in [0.25, 0.3) is 0 Å². The predicted octanol–water partition coefficient (Wildman–Crippen LogP) is 7.92. The molecule has 0 bridgehead atoms. The zero-order valence-electron chi connectivity index (χ0n) is 21.0. The second-order valence-corrected chi connectivity index (χ2v) is 8.99. The van der Waals surface area contributed by atoms with Crippen molar-refractivity contribution in [2.24, 2.45) is 0 Å². The average Bonchev–Trinajstić information content (AvgIpc) is 2.85. The molecule has 0 aromatic heterocycles. The normalized spacial score (nSPS) is 10.9. The molecular formula is C30H31NO4. The van der Waals surface area contributed by atoms with Gasteiger partial charge in [0.2, 0.25) is 0 Å². The molecule has 0 aliphatic rings. The van der Waals surface area contributed by atoms with Gasteiger partial charge in [0.25, 0.3) is 0 Å². The van der Waals surface area contributed by atoms with E-state index in [0.717, 1.165) is 44.9 Å². The van der Waals surface area contributed by atoms with Crippen LogP contribution >= 0.6 is 0 Å². The molecule has 0 spiro atoms. The Kier molecular flexibility index (Phi) is 6.35. The van der Waals surface area contributed by atoms with Crippen molar-refractivity contribution in [2.75, 3.05) is 4.90 Å². The molecule has 180 valence electrons. The summed E-state index contributed by atoms with van der Waals surface area (Å²) in [6, 6.07) is 18.6. The molecule has 0 radical (unpaired) electrons. The summed E-state index contributed by atoms with van der Waals surface area (Å²) in [5.41, 5.74) is 7.82. The molecule has 0 fully saturated rings. The van der Waals surface area contributed by atoms with E-state index in [1.54, 1.807) is 12.1 Å². The molecule has 0 heterocycles. The van der Waals surface area contributed by atoms with E-state index in [0.29, 0.717) is 17.1 Å². The number of phenolic OH excluding ortho intramolecular Hbond substituents is 3. The Bertz CT molecular complexity index is 1350. The third kappa shape index (κ3) is 4.37. The molecule has 0 amide bonds. The Morgan fingerprint density at radius 1 is 0.543 bits per heavy atom. The van der Waals surface area contributed by atoms with Crippen molar-refractivity contribution in [3.05, 3.63) is 94.0 Å². The largest absolute Gasteiger partial charge is 0.508 e. The van der Waals surface area contributed by atoms with Gasteiger partial charge in [-0.2, -0.15) is 0 Å². The minimum Gasteiger partial charge on any atom is -0.508 e. The number of benzene rings is 4. The lowest BCUT2D eigenvalue weighted by atomic mass is 10.0. The Balaban J connectivity index is 1.80. The number of aromatic hydroxyl groups is 3. The molecule has 0 atom stereocenters. The van der Waals surface area contributed by atoms with E-state index in [1.165, 1.54) is 0 Å². The van der Waals surface area contributed by atoms with Crippen LogP contribution in [-0.2, 0) is 0 Å². The molecule has 0 aliphatic carbocycles. The summed E-state index contributed by atoms with van der Waals surface area (Å²) in [5, 5.41) is 30.7. The number of aryl methyl sites for hydroxylation is 1. The average molecular weight is 470 g/mol. The van der Waals surface area contributed by atoms with Crippen LogP contribution in [0.3, 0.4) is 0 Å². The van der Waals surface area contributed by atoms with Gasteiger partial charge in [-0.1, -0.05) is 6.07 Å². The van der Waals surface area contributed by atoms with Crippen LogP contribution in [0.1, 0.15) is 33.4 Å². The summed E-state index contributed by atoms with van der Waals surface area (Å²) in [4.78, 5) is 2.12. The molecule has 0 unspecified atom stereocenters. The van der Waals surface area contributed by atoms with Crippen LogP contribution in [-0.4, -0.2) is 15.3 Å². The SMILES string of the molecule is Cc1ccc(Oc2ccc(N(c3ccc(O)c(C)c3C)c3ccc(O)c(C)c3C)cc2)c(C)c1O. The van der Waals surface area contributed by atoms with Gasteiger partial charge in [0, 0.05) is 22.6 Å². The summed E-state index contributed by atoms with van der Waals surface area (Å²) < 4.78 is 6.06. The van der Waals surface area contributed by atoms with E-state index in [9.17, 15) is 15.3 Å². The van der Waals surface area contributed by atoms with E-state index >= 15 is 0 Å². The topological polar surface area (TPSA) is 73.2 Å². The van der Waals surface area contributed by atoms with Crippen LogP contribution in [0, 0.1) is 41.5 Å². The standard InChI is InChI=1S/C30H31NO4/c1-17-7-16-29(22(6)30(17)34)35-24-10-8-23(9-11-24)31(25-12-14-27(32)20(4)18(25)2)26-13-15-28(33)21(5)19(26)3/h7-16,32-34H,1-6H3. The molecule has 4 rings (SSSR count). The van der Waals surface area contributed by atoms with Gasteiger partial charge in [-0.25, -0.2) is 0 Å². The molecule has 3 N–H and O–H groups in total. The minimum absolute atomic E-state index is 0.238. The smallest absolute Gasteiger partial charge is 0.134 e. The maximum absolute atomic E-state index is 10.2. The van der Waals surface area contributed by atoms with Crippen LogP contribution in [0.4, 0.5) is 17.1 Å². The van der Waals surface area contributed by atoms with E-state index in [4.69, 9.17) is 4.74 Å². The van der Waals surface area contributed by atoms with Crippen LogP contribution in [0.2, 0.25) is 0 Å². The zero-order chi connectivity index (χ0) is 25.4. The highest BCUT2D eigenvalue weighted by Crippen LogP contribution is 2.43. The number of nitrogens with zero attached hydrogens (tertiary/aromatic N) is 1. The number of hydrogen-bond acceptors (Lipinski definition) is 5. The predicted molar refractivity (Wildman–Crippen MR) is 141 cm³/mol. The maximum atomic E-state index is 10.2. The third-order valence-electron chi connectivity index (χ3n) is 6.85. The summed E-state index contributed by atoms with van der Waals surface area (Å²) in [7, 11) is 0. The Morgan fingerprint density at radius 2 is 1.06 bits per heavy atom. The highest BCUT2D eigenvalue weighted by Gasteiger charge is 2.20. The molecule has 4 aromatic rings. The zero-order valence-corrected chi connectivity index (χ0v) is 21.0. The van der Waals surface area contributed by atoms with Gasteiger partial charge >= 0.3 is 0 Å². The number of ether oxygens (including phenoxy) is 1. The van der Waals surface area contributed by atoms with Gasteiger partial charge in [-0.15, -0.1) is 0 Å². The Morgan fingerprint density at radius 3 is 1.57 bits per heavy atom. The Labute approximate surface area is 206 Å². The minimum atomic E-state index is 0.238. The van der Waals surface area contributed by atoms with Gasteiger partial charge in [0.1, 0.15) is 28.7 Å². The molecule has 4 aromatic carbocycles. The fraction of sp³-hybridized carbons (Fsp3) is 0.200. The lowest BCUT2D eigenvalue weighted by molar-refractivity contribution is 0.445. The molecule has 35 heavy (non-hydrogen) atoms. The van der Waals surface area contributed by atoms with E-state index in [1.807, 2.05) is 90.1 Å². The summed E-state index contributed by atoms with van der Waals surface area (Å²) in [6.45, 7) is 11.5. The van der Waals surface area contributed by atoms with Gasteiger partial charge in [0.15, 0.2) is 0 Å². The molecule has 0 saturated carbocycles. The second-order valence-electron chi connectivity index (χ2n) is 8.99. The third-order valence-corrected chi connectivity index (χ3v) is 6.85. The summed E-state index contributed by atoms with van der Waals surface area (Å²) >= 11 is 0. The maximum Gasteiger partial charge on any atom is 0.134 e. The molecule has 0 saturated heterocycles.